The first kappa shape index (κ1) is 25.3. The Bertz CT molecular complexity index is 1110. The maximum atomic E-state index is 12.2. The largest absolute Gasteiger partial charge is 0.469 e. The molecule has 2 aromatic rings. The van der Waals surface area contributed by atoms with Crippen molar-refractivity contribution in [3.63, 3.8) is 0 Å². The van der Waals surface area contributed by atoms with Gasteiger partial charge >= 0.3 is 7.82 Å². The summed E-state index contributed by atoms with van der Waals surface area (Å²) in [6.07, 6.45) is 0.355. The zero-order chi connectivity index (χ0) is 23.9. The monoisotopic (exact) mass is 475 g/mol. The molecule has 1 aromatic carbocycles. The molecule has 0 aliphatic rings. The van der Waals surface area contributed by atoms with Crippen LogP contribution >= 0.6 is 19.6 Å². The number of carbonyl (C=O) groups excluding carboxylic acids is 1. The molecule has 0 radical (unpaired) electrons. The quantitative estimate of drug-likeness (QED) is 0.341. The van der Waals surface area contributed by atoms with Gasteiger partial charge in [-0.2, -0.15) is 10.5 Å². The van der Waals surface area contributed by atoms with Gasteiger partial charge in [-0.05, 0) is 17.5 Å². The van der Waals surface area contributed by atoms with Crippen LogP contribution in [0.3, 0.4) is 0 Å². The molecule has 0 aliphatic heterocycles. The second kappa shape index (κ2) is 11.1. The van der Waals surface area contributed by atoms with Gasteiger partial charge in [-0.3, -0.25) is 9.32 Å². The van der Waals surface area contributed by atoms with E-state index in [0.29, 0.717) is 17.5 Å². The Morgan fingerprint density at radius 2 is 1.91 bits per heavy atom. The lowest BCUT2D eigenvalue weighted by Crippen LogP contribution is -2.25. The number of carbonyl (C=O) groups is 1. The number of nitrogens with zero attached hydrogens (tertiary/aromatic N) is 4. The zero-order valence-electron chi connectivity index (χ0n) is 17.4. The molecule has 0 saturated carbocycles. The van der Waals surface area contributed by atoms with Crippen molar-refractivity contribution in [1.82, 2.24) is 4.98 Å². The SMILES string of the molecule is CCc1c(C#N)c(S[C@@H](C(N)=O)c2ccccc2)nc(N(C)CCOP(=O)(O)O)c1C#N. The van der Waals surface area contributed by atoms with Gasteiger partial charge in [0.25, 0.3) is 0 Å². The number of hydrogen-bond acceptors (Lipinski definition) is 8. The fourth-order valence-electron chi connectivity index (χ4n) is 2.98. The van der Waals surface area contributed by atoms with Crippen molar-refractivity contribution in [3.05, 3.63) is 52.6 Å². The van der Waals surface area contributed by atoms with E-state index in [1.165, 1.54) is 4.90 Å². The predicted octanol–water partition coefficient (Wildman–Crippen LogP) is 2.25. The topological polar surface area (TPSA) is 174 Å². The predicted molar refractivity (Wildman–Crippen MR) is 119 cm³/mol. The number of hydrogen-bond donors (Lipinski definition) is 3. The molecule has 1 aromatic heterocycles. The Kier molecular flexibility index (Phi) is 8.79. The summed E-state index contributed by atoms with van der Waals surface area (Å²) in [5, 5.41) is 18.9. The van der Waals surface area contributed by atoms with Crippen LogP contribution in [0.15, 0.2) is 35.4 Å². The number of anilines is 1. The molecule has 0 unspecified atom stereocenters. The van der Waals surface area contributed by atoms with E-state index in [2.05, 4.69) is 21.6 Å². The summed E-state index contributed by atoms with van der Waals surface area (Å²) in [6.45, 7) is 1.49. The molecule has 10 nitrogen and oxygen atoms in total. The molecule has 32 heavy (non-hydrogen) atoms. The van der Waals surface area contributed by atoms with Gasteiger partial charge in [0.15, 0.2) is 0 Å². The number of primary amides is 1. The summed E-state index contributed by atoms with van der Waals surface area (Å²) in [6, 6.07) is 13.0. The highest BCUT2D eigenvalue weighted by molar-refractivity contribution is 8.00. The average molecular weight is 475 g/mol. The van der Waals surface area contributed by atoms with Crippen molar-refractivity contribution in [1.29, 1.82) is 10.5 Å². The Hall–Kier alpha value is -2.92. The van der Waals surface area contributed by atoms with Gasteiger partial charge < -0.3 is 20.4 Å². The van der Waals surface area contributed by atoms with Gasteiger partial charge in [0, 0.05) is 13.6 Å². The minimum atomic E-state index is -4.64. The van der Waals surface area contributed by atoms with Crippen molar-refractivity contribution in [3.8, 4) is 12.1 Å². The molecular weight excluding hydrogens is 453 g/mol. The molecule has 0 aliphatic carbocycles. The van der Waals surface area contributed by atoms with Crippen molar-refractivity contribution < 1.29 is 23.7 Å². The average Bonchev–Trinajstić information content (AvgIpc) is 2.75. The van der Waals surface area contributed by atoms with Gasteiger partial charge in [-0.1, -0.05) is 49.0 Å². The molecule has 1 amide bonds. The molecule has 2 rings (SSSR count). The molecule has 1 heterocycles. The fraction of sp³-hybridized carbons (Fsp3) is 0.300. The first-order valence-corrected chi connectivity index (χ1v) is 11.8. The maximum Gasteiger partial charge on any atom is 0.469 e. The summed E-state index contributed by atoms with van der Waals surface area (Å²) in [5.74, 6) is -0.407. The highest BCUT2D eigenvalue weighted by atomic mass is 32.2. The summed E-state index contributed by atoms with van der Waals surface area (Å²) in [4.78, 5) is 35.9. The highest BCUT2D eigenvalue weighted by Gasteiger charge is 2.27. The van der Waals surface area contributed by atoms with Crippen LogP contribution in [0.1, 0.15) is 34.4 Å². The second-order valence-electron chi connectivity index (χ2n) is 6.60. The summed E-state index contributed by atoms with van der Waals surface area (Å²) < 4.78 is 15.4. The minimum absolute atomic E-state index is 0.0177. The van der Waals surface area contributed by atoms with Crippen molar-refractivity contribution in [2.75, 3.05) is 25.1 Å². The van der Waals surface area contributed by atoms with Crippen molar-refractivity contribution in [2.24, 2.45) is 5.73 Å². The van der Waals surface area contributed by atoms with Gasteiger partial charge in [0.2, 0.25) is 5.91 Å². The molecular formula is C20H22N5O5PS. The molecule has 0 fully saturated rings. The van der Waals surface area contributed by atoms with E-state index >= 15 is 0 Å². The first-order chi connectivity index (χ1) is 15.1. The van der Waals surface area contributed by atoms with Crippen LogP contribution in [-0.2, 0) is 20.3 Å². The number of amides is 1. The van der Waals surface area contributed by atoms with Crippen molar-refractivity contribution >= 4 is 31.3 Å². The van der Waals surface area contributed by atoms with E-state index in [0.717, 1.165) is 11.8 Å². The van der Waals surface area contributed by atoms with E-state index < -0.39 is 19.0 Å². The molecule has 12 heteroatoms. The smallest absolute Gasteiger partial charge is 0.368 e. The molecule has 0 saturated heterocycles. The maximum absolute atomic E-state index is 12.2. The Balaban J connectivity index is 2.54. The normalized spacial score (nSPS) is 11.9. The second-order valence-corrected chi connectivity index (χ2v) is 8.94. The third-order valence-electron chi connectivity index (χ3n) is 4.46. The van der Waals surface area contributed by atoms with E-state index in [4.69, 9.17) is 15.5 Å². The first-order valence-electron chi connectivity index (χ1n) is 9.42. The van der Waals surface area contributed by atoms with Crippen LogP contribution < -0.4 is 10.6 Å². The standard InChI is InChI=1S/C20H22N5O5PS/c1-3-14-15(11-21)19(25(2)9-10-30-31(27,28)29)24-20(16(14)12-22)32-17(18(23)26)13-7-5-4-6-8-13/h4-8,17H,3,9-10H2,1-2H3,(H2,23,26)(H2,27,28,29)/t17-/m1/s1. The number of nitrogens with two attached hydrogens (primary N) is 1. The van der Waals surface area contributed by atoms with Gasteiger partial charge in [0.05, 0.1) is 17.7 Å². The summed E-state index contributed by atoms with van der Waals surface area (Å²) >= 11 is 1.01. The fourth-order valence-corrected chi connectivity index (χ4v) is 4.36. The van der Waals surface area contributed by atoms with Gasteiger partial charge in [-0.25, -0.2) is 9.55 Å². The zero-order valence-corrected chi connectivity index (χ0v) is 19.1. The third kappa shape index (κ3) is 6.30. The lowest BCUT2D eigenvalue weighted by atomic mass is 10.0. The van der Waals surface area contributed by atoms with Crippen LogP contribution in [0, 0.1) is 22.7 Å². The number of benzene rings is 1. The number of nitriles is 2. The summed E-state index contributed by atoms with van der Waals surface area (Å²) in [7, 11) is -3.07. The number of likely N-dealkylation sites (N-methyl/N-ethyl adjacent to an activating group) is 1. The number of phosphoric acid groups is 1. The van der Waals surface area contributed by atoms with Crippen LogP contribution in [0.5, 0.6) is 0 Å². The molecule has 0 spiro atoms. The lowest BCUT2D eigenvalue weighted by Gasteiger charge is -2.23. The number of rotatable bonds is 10. The molecule has 168 valence electrons. The lowest BCUT2D eigenvalue weighted by molar-refractivity contribution is -0.117. The number of phosphoric ester groups is 1. The van der Waals surface area contributed by atoms with Gasteiger partial charge in [-0.15, -0.1) is 0 Å². The summed E-state index contributed by atoms with van der Waals surface area (Å²) in [5.41, 5.74) is 7.07. The van der Waals surface area contributed by atoms with E-state index in [1.54, 1.807) is 44.3 Å². The Labute approximate surface area is 189 Å². The van der Waals surface area contributed by atoms with E-state index in [-0.39, 0.29) is 35.1 Å². The van der Waals surface area contributed by atoms with E-state index in [1.807, 2.05) is 0 Å². The number of aromatic nitrogens is 1. The number of pyridine rings is 1. The van der Waals surface area contributed by atoms with Crippen LogP contribution in [0.2, 0.25) is 0 Å². The minimum Gasteiger partial charge on any atom is -0.368 e. The number of thioether (sulfide) groups is 1. The Morgan fingerprint density at radius 3 is 2.41 bits per heavy atom. The van der Waals surface area contributed by atoms with E-state index in [9.17, 15) is 19.9 Å². The van der Waals surface area contributed by atoms with Crippen molar-refractivity contribution in [2.45, 2.75) is 23.6 Å². The third-order valence-corrected chi connectivity index (χ3v) is 6.24. The highest BCUT2D eigenvalue weighted by Crippen LogP contribution is 2.39. The van der Waals surface area contributed by atoms with Crippen LogP contribution in [0.25, 0.3) is 0 Å². The Morgan fingerprint density at radius 1 is 1.28 bits per heavy atom. The van der Waals surface area contributed by atoms with Gasteiger partial charge in [0.1, 0.15) is 28.2 Å². The molecule has 4 N–H and O–H groups in total. The molecule has 0 bridgehead atoms. The van der Waals surface area contributed by atoms with Crippen LogP contribution in [-0.4, -0.2) is 40.9 Å². The van der Waals surface area contributed by atoms with Crippen LogP contribution in [0.4, 0.5) is 5.82 Å². The molecule has 1 atom stereocenters.